The summed E-state index contributed by atoms with van der Waals surface area (Å²) in [5, 5.41) is 0. The summed E-state index contributed by atoms with van der Waals surface area (Å²) in [5.41, 5.74) is 7.84. The van der Waals surface area contributed by atoms with E-state index in [1.165, 1.54) is 5.56 Å². The van der Waals surface area contributed by atoms with Crippen molar-refractivity contribution in [2.45, 2.75) is 19.9 Å². The van der Waals surface area contributed by atoms with Crippen molar-refractivity contribution < 1.29 is 4.74 Å². The van der Waals surface area contributed by atoms with Gasteiger partial charge in [0, 0.05) is 18.8 Å². The maximum Gasteiger partial charge on any atom is 0.219 e. The Morgan fingerprint density at radius 2 is 2.06 bits per heavy atom. The molecule has 0 aliphatic heterocycles. The smallest absolute Gasteiger partial charge is 0.219 e. The highest BCUT2D eigenvalue weighted by Gasteiger charge is 2.00. The van der Waals surface area contributed by atoms with E-state index in [4.69, 9.17) is 10.5 Å². The molecule has 0 amide bonds. The fourth-order valence-corrected chi connectivity index (χ4v) is 1.58. The summed E-state index contributed by atoms with van der Waals surface area (Å²) in [6.07, 6.45) is 2.70. The van der Waals surface area contributed by atoms with Gasteiger partial charge in [-0.05, 0) is 35.7 Å². The maximum atomic E-state index is 5.70. The van der Waals surface area contributed by atoms with E-state index in [2.05, 4.69) is 18.0 Å². The molecule has 0 aliphatic rings. The Bertz CT molecular complexity index is 452. The maximum absolute atomic E-state index is 5.70. The molecule has 1 aromatic carbocycles. The number of nitrogens with zero attached hydrogens (tertiary/aromatic N) is 1. The van der Waals surface area contributed by atoms with Gasteiger partial charge in [0.15, 0.2) is 0 Å². The minimum atomic E-state index is 0.494. The van der Waals surface area contributed by atoms with Crippen LogP contribution in [0.5, 0.6) is 11.6 Å². The molecule has 2 aromatic rings. The zero-order chi connectivity index (χ0) is 12.1. The summed E-state index contributed by atoms with van der Waals surface area (Å²) < 4.78 is 5.70. The summed E-state index contributed by atoms with van der Waals surface area (Å²) in [6, 6.07) is 11.8. The summed E-state index contributed by atoms with van der Waals surface area (Å²) >= 11 is 0. The predicted octanol–water partition coefficient (Wildman–Crippen LogP) is 2.89. The van der Waals surface area contributed by atoms with Crippen LogP contribution in [0.25, 0.3) is 0 Å². The minimum absolute atomic E-state index is 0.494. The summed E-state index contributed by atoms with van der Waals surface area (Å²) in [7, 11) is 0. The van der Waals surface area contributed by atoms with Gasteiger partial charge in [-0.15, -0.1) is 0 Å². The van der Waals surface area contributed by atoms with Crippen LogP contribution in [0.3, 0.4) is 0 Å². The third kappa shape index (κ3) is 3.04. The molecule has 0 fully saturated rings. The predicted molar refractivity (Wildman–Crippen MR) is 68.0 cm³/mol. The van der Waals surface area contributed by atoms with E-state index in [0.717, 1.165) is 17.7 Å². The second kappa shape index (κ2) is 5.46. The Morgan fingerprint density at radius 1 is 1.18 bits per heavy atom. The zero-order valence-electron chi connectivity index (χ0n) is 9.89. The van der Waals surface area contributed by atoms with Crippen LogP contribution in [0.15, 0.2) is 42.6 Å². The van der Waals surface area contributed by atoms with E-state index in [0.29, 0.717) is 12.4 Å². The highest BCUT2D eigenvalue weighted by Crippen LogP contribution is 2.21. The monoisotopic (exact) mass is 228 g/mol. The Morgan fingerprint density at radius 3 is 2.82 bits per heavy atom. The lowest BCUT2D eigenvalue weighted by atomic mass is 10.2. The molecule has 0 aliphatic carbocycles. The van der Waals surface area contributed by atoms with Crippen LogP contribution in [0.2, 0.25) is 0 Å². The first-order chi connectivity index (χ1) is 8.31. The first kappa shape index (κ1) is 11.6. The second-order valence-corrected chi connectivity index (χ2v) is 3.81. The van der Waals surface area contributed by atoms with Crippen LogP contribution in [-0.4, -0.2) is 4.98 Å². The summed E-state index contributed by atoms with van der Waals surface area (Å²) in [4.78, 5) is 4.16. The molecule has 0 bridgehead atoms. The van der Waals surface area contributed by atoms with Gasteiger partial charge >= 0.3 is 0 Å². The van der Waals surface area contributed by atoms with Gasteiger partial charge in [0.05, 0.1) is 0 Å². The van der Waals surface area contributed by atoms with E-state index >= 15 is 0 Å². The lowest BCUT2D eigenvalue weighted by Gasteiger charge is -2.06. The molecular formula is C14H16N2O. The Balaban J connectivity index is 2.18. The van der Waals surface area contributed by atoms with Crippen LogP contribution < -0.4 is 10.5 Å². The lowest BCUT2D eigenvalue weighted by molar-refractivity contribution is 0.461. The lowest BCUT2D eigenvalue weighted by Crippen LogP contribution is -1.97. The molecule has 88 valence electrons. The van der Waals surface area contributed by atoms with Crippen molar-refractivity contribution in [2.24, 2.45) is 5.73 Å². The third-order valence-electron chi connectivity index (χ3n) is 2.56. The number of aryl methyl sites for hydroxylation is 1. The Kier molecular flexibility index (Phi) is 3.73. The van der Waals surface area contributed by atoms with Gasteiger partial charge in [0.2, 0.25) is 5.88 Å². The molecule has 0 spiro atoms. The fourth-order valence-electron chi connectivity index (χ4n) is 1.58. The number of aromatic nitrogens is 1. The normalized spacial score (nSPS) is 10.2. The summed E-state index contributed by atoms with van der Waals surface area (Å²) in [5.74, 6) is 1.40. The molecule has 0 saturated carbocycles. The van der Waals surface area contributed by atoms with Gasteiger partial charge < -0.3 is 10.5 Å². The molecule has 0 unspecified atom stereocenters. The van der Waals surface area contributed by atoms with Gasteiger partial charge in [0.25, 0.3) is 0 Å². The van der Waals surface area contributed by atoms with Crippen LogP contribution in [-0.2, 0) is 13.0 Å². The van der Waals surface area contributed by atoms with Gasteiger partial charge in [0.1, 0.15) is 5.75 Å². The average Bonchev–Trinajstić information content (AvgIpc) is 2.39. The first-order valence-electron chi connectivity index (χ1n) is 5.73. The number of hydrogen-bond donors (Lipinski definition) is 1. The molecule has 3 nitrogen and oxygen atoms in total. The molecule has 1 heterocycles. The average molecular weight is 228 g/mol. The fraction of sp³-hybridized carbons (Fsp3) is 0.214. The number of nitrogens with two attached hydrogens (primary N) is 1. The highest BCUT2D eigenvalue weighted by molar-refractivity contribution is 5.32. The molecule has 0 atom stereocenters. The zero-order valence-corrected chi connectivity index (χ0v) is 9.89. The Hall–Kier alpha value is -1.87. The minimum Gasteiger partial charge on any atom is -0.439 e. The van der Waals surface area contributed by atoms with Crippen molar-refractivity contribution in [2.75, 3.05) is 0 Å². The van der Waals surface area contributed by atoms with Crippen molar-refractivity contribution in [3.63, 3.8) is 0 Å². The van der Waals surface area contributed by atoms with Crippen LogP contribution >= 0.6 is 0 Å². The number of pyridine rings is 1. The van der Waals surface area contributed by atoms with Crippen LogP contribution in [0.4, 0.5) is 0 Å². The van der Waals surface area contributed by atoms with Crippen molar-refractivity contribution >= 4 is 0 Å². The molecule has 0 saturated heterocycles. The van der Waals surface area contributed by atoms with Crippen LogP contribution in [0.1, 0.15) is 18.1 Å². The second-order valence-electron chi connectivity index (χ2n) is 3.81. The van der Waals surface area contributed by atoms with Crippen molar-refractivity contribution in [3.05, 3.63) is 53.7 Å². The third-order valence-corrected chi connectivity index (χ3v) is 2.56. The molecule has 2 rings (SSSR count). The SMILES string of the molecule is CCc1cccc(Oc2cc(CN)ccn2)c1. The standard InChI is InChI=1S/C14H16N2O/c1-2-11-4-3-5-13(8-11)17-14-9-12(10-15)6-7-16-14/h3-9H,2,10,15H2,1H3. The quantitative estimate of drug-likeness (QED) is 0.875. The largest absolute Gasteiger partial charge is 0.439 e. The van der Waals surface area contributed by atoms with Gasteiger partial charge in [-0.3, -0.25) is 0 Å². The number of benzene rings is 1. The van der Waals surface area contributed by atoms with Crippen molar-refractivity contribution in [1.82, 2.24) is 4.98 Å². The molecule has 2 N–H and O–H groups in total. The molecule has 0 radical (unpaired) electrons. The van der Waals surface area contributed by atoms with E-state index in [1.807, 2.05) is 30.3 Å². The molecule has 3 heteroatoms. The van der Waals surface area contributed by atoms with E-state index in [1.54, 1.807) is 6.20 Å². The summed E-state index contributed by atoms with van der Waals surface area (Å²) in [6.45, 7) is 2.61. The van der Waals surface area contributed by atoms with Gasteiger partial charge in [-0.1, -0.05) is 19.1 Å². The molecular weight excluding hydrogens is 212 g/mol. The first-order valence-corrected chi connectivity index (χ1v) is 5.73. The number of rotatable bonds is 4. The number of hydrogen-bond acceptors (Lipinski definition) is 3. The Labute approximate surface area is 101 Å². The van der Waals surface area contributed by atoms with Crippen molar-refractivity contribution in [1.29, 1.82) is 0 Å². The highest BCUT2D eigenvalue weighted by atomic mass is 16.5. The van der Waals surface area contributed by atoms with Crippen molar-refractivity contribution in [3.8, 4) is 11.6 Å². The van der Waals surface area contributed by atoms with E-state index in [-0.39, 0.29) is 0 Å². The molecule has 17 heavy (non-hydrogen) atoms. The number of ether oxygens (including phenoxy) is 1. The topological polar surface area (TPSA) is 48.1 Å². The van der Waals surface area contributed by atoms with E-state index in [9.17, 15) is 0 Å². The van der Waals surface area contributed by atoms with Gasteiger partial charge in [-0.25, -0.2) is 4.98 Å². The molecule has 1 aromatic heterocycles. The van der Waals surface area contributed by atoms with E-state index < -0.39 is 0 Å². The van der Waals surface area contributed by atoms with Crippen LogP contribution in [0, 0.1) is 0 Å². The van der Waals surface area contributed by atoms with Gasteiger partial charge in [-0.2, -0.15) is 0 Å².